The van der Waals surface area contributed by atoms with Crippen molar-refractivity contribution in [3.63, 3.8) is 0 Å². The zero-order chi connectivity index (χ0) is 18.7. The third-order valence-corrected chi connectivity index (χ3v) is 7.52. The van der Waals surface area contributed by atoms with Crippen LogP contribution in [0.4, 0.5) is 0 Å². The summed E-state index contributed by atoms with van der Waals surface area (Å²) in [7, 11) is 0. The molecule has 0 saturated heterocycles. The highest BCUT2D eigenvalue weighted by Crippen LogP contribution is 2.65. The Kier molecular flexibility index (Phi) is 4.14. The summed E-state index contributed by atoms with van der Waals surface area (Å²) >= 11 is 0. The molecule has 1 aromatic rings. The first-order valence-electron chi connectivity index (χ1n) is 9.93. The van der Waals surface area contributed by atoms with Crippen LogP contribution < -0.4 is 0 Å². The topological polar surface area (TPSA) is 0 Å². The minimum Gasteiger partial charge on any atom is -0.0847 e. The van der Waals surface area contributed by atoms with E-state index in [9.17, 15) is 0 Å². The van der Waals surface area contributed by atoms with Crippen LogP contribution in [0.5, 0.6) is 0 Å². The van der Waals surface area contributed by atoms with Crippen LogP contribution in [-0.2, 0) is 16.2 Å². The summed E-state index contributed by atoms with van der Waals surface area (Å²) in [5, 5.41) is 0. The molecule has 2 atom stereocenters. The van der Waals surface area contributed by atoms with Gasteiger partial charge in [0, 0.05) is 5.41 Å². The van der Waals surface area contributed by atoms with Crippen molar-refractivity contribution in [1.29, 1.82) is 0 Å². The van der Waals surface area contributed by atoms with E-state index in [1.807, 2.05) is 0 Å². The highest BCUT2D eigenvalue weighted by molar-refractivity contribution is 5.49. The molecule has 2 unspecified atom stereocenters. The lowest BCUT2D eigenvalue weighted by Gasteiger charge is -2.42. The maximum Gasteiger partial charge on any atom is 0.00220 e. The van der Waals surface area contributed by atoms with Gasteiger partial charge in [0.1, 0.15) is 0 Å². The molecular weight excluding hydrogens is 300 g/mol. The van der Waals surface area contributed by atoms with Crippen molar-refractivity contribution in [1.82, 2.24) is 0 Å². The Hall–Kier alpha value is -1.30. The van der Waals surface area contributed by atoms with Gasteiger partial charge in [-0.1, -0.05) is 83.5 Å². The van der Waals surface area contributed by atoms with Gasteiger partial charge >= 0.3 is 0 Å². The van der Waals surface area contributed by atoms with Crippen LogP contribution >= 0.6 is 0 Å². The van der Waals surface area contributed by atoms with Crippen molar-refractivity contribution in [3.8, 4) is 0 Å². The fraction of sp³-hybridized carbons (Fsp3) is 0.600. The van der Waals surface area contributed by atoms with Crippen LogP contribution in [0.3, 0.4) is 0 Å². The molecule has 0 nitrogen and oxygen atoms in total. The van der Waals surface area contributed by atoms with Crippen molar-refractivity contribution >= 4 is 0 Å². The lowest BCUT2D eigenvalue weighted by molar-refractivity contribution is 0.331. The number of hydrogen-bond acceptors (Lipinski definition) is 0. The van der Waals surface area contributed by atoms with Crippen molar-refractivity contribution in [2.75, 3.05) is 0 Å². The lowest BCUT2D eigenvalue weighted by atomic mass is 9.62. The minimum atomic E-state index is 0.268. The molecule has 25 heavy (non-hydrogen) atoms. The second-order valence-corrected chi connectivity index (χ2v) is 10.3. The Morgan fingerprint density at radius 1 is 0.920 bits per heavy atom. The summed E-state index contributed by atoms with van der Waals surface area (Å²) in [6.45, 7) is 18.8. The second kappa shape index (κ2) is 5.60. The molecule has 2 aliphatic rings. The first kappa shape index (κ1) is 18.5. The van der Waals surface area contributed by atoms with E-state index >= 15 is 0 Å². The van der Waals surface area contributed by atoms with E-state index in [0.29, 0.717) is 10.8 Å². The SMILES string of the molecule is C/C=C(C)/C=C/C1(C)CC1(C)c1ccc2c(c1)C(C)(C)CCC2(C)C. The van der Waals surface area contributed by atoms with Gasteiger partial charge in [-0.2, -0.15) is 0 Å². The Balaban J connectivity index is 2.00. The molecule has 0 spiro atoms. The van der Waals surface area contributed by atoms with E-state index in [-0.39, 0.29) is 10.8 Å². The molecule has 3 rings (SSSR count). The largest absolute Gasteiger partial charge is 0.0847 e. The Morgan fingerprint density at radius 2 is 1.52 bits per heavy atom. The summed E-state index contributed by atoms with van der Waals surface area (Å²) in [6.07, 6.45) is 10.7. The van der Waals surface area contributed by atoms with Crippen LogP contribution in [0.25, 0.3) is 0 Å². The van der Waals surface area contributed by atoms with Crippen molar-refractivity contribution in [2.24, 2.45) is 5.41 Å². The number of rotatable bonds is 3. The van der Waals surface area contributed by atoms with Crippen LogP contribution in [0, 0.1) is 5.41 Å². The van der Waals surface area contributed by atoms with E-state index < -0.39 is 0 Å². The fourth-order valence-corrected chi connectivity index (χ4v) is 4.71. The molecule has 0 bridgehead atoms. The normalized spacial score (nSPS) is 33.4. The first-order valence-corrected chi connectivity index (χ1v) is 9.93. The van der Waals surface area contributed by atoms with E-state index in [2.05, 4.69) is 91.8 Å². The number of benzene rings is 1. The van der Waals surface area contributed by atoms with Gasteiger partial charge < -0.3 is 0 Å². The van der Waals surface area contributed by atoms with Crippen LogP contribution in [0.1, 0.15) is 91.3 Å². The maximum absolute atomic E-state index is 2.55. The summed E-state index contributed by atoms with van der Waals surface area (Å²) in [5.74, 6) is 0. The van der Waals surface area contributed by atoms with Gasteiger partial charge in [0.25, 0.3) is 0 Å². The van der Waals surface area contributed by atoms with Gasteiger partial charge in [0.05, 0.1) is 0 Å². The molecular formula is C25H36. The highest BCUT2D eigenvalue weighted by Gasteiger charge is 2.60. The van der Waals surface area contributed by atoms with Gasteiger partial charge in [-0.3, -0.25) is 0 Å². The average Bonchev–Trinajstić information content (AvgIpc) is 3.12. The monoisotopic (exact) mass is 336 g/mol. The zero-order valence-electron chi connectivity index (χ0n) is 17.6. The molecule has 1 fully saturated rings. The van der Waals surface area contributed by atoms with Crippen LogP contribution in [0.15, 0.2) is 42.0 Å². The van der Waals surface area contributed by atoms with Crippen LogP contribution in [-0.4, -0.2) is 0 Å². The molecule has 0 heterocycles. The summed E-state index contributed by atoms with van der Waals surface area (Å²) in [4.78, 5) is 0. The van der Waals surface area contributed by atoms with E-state index in [4.69, 9.17) is 0 Å². The summed E-state index contributed by atoms with van der Waals surface area (Å²) in [6, 6.07) is 7.41. The van der Waals surface area contributed by atoms with Gasteiger partial charge in [0.15, 0.2) is 0 Å². The minimum absolute atomic E-state index is 0.268. The lowest BCUT2D eigenvalue weighted by Crippen LogP contribution is -2.34. The predicted octanol–water partition coefficient (Wildman–Crippen LogP) is 7.23. The number of hydrogen-bond donors (Lipinski definition) is 0. The molecule has 2 aliphatic carbocycles. The maximum atomic E-state index is 2.55. The van der Waals surface area contributed by atoms with Crippen molar-refractivity contribution in [2.45, 2.75) is 90.9 Å². The molecule has 0 heteroatoms. The van der Waals surface area contributed by atoms with Crippen molar-refractivity contribution in [3.05, 3.63) is 58.7 Å². The van der Waals surface area contributed by atoms with E-state index in [1.165, 1.54) is 30.4 Å². The molecule has 136 valence electrons. The summed E-state index contributed by atoms with van der Waals surface area (Å²) in [5.41, 5.74) is 7.18. The molecule has 0 amide bonds. The number of allylic oxidation sites excluding steroid dienone is 4. The second-order valence-electron chi connectivity index (χ2n) is 10.3. The Morgan fingerprint density at radius 3 is 2.12 bits per heavy atom. The third-order valence-electron chi connectivity index (χ3n) is 7.52. The van der Waals surface area contributed by atoms with Gasteiger partial charge in [-0.25, -0.2) is 0 Å². The van der Waals surface area contributed by atoms with E-state index in [1.54, 1.807) is 11.1 Å². The van der Waals surface area contributed by atoms with Crippen molar-refractivity contribution < 1.29 is 0 Å². The zero-order valence-corrected chi connectivity index (χ0v) is 17.6. The highest BCUT2D eigenvalue weighted by atomic mass is 14.6. The Bertz CT molecular complexity index is 743. The third kappa shape index (κ3) is 2.92. The van der Waals surface area contributed by atoms with Gasteiger partial charge in [-0.05, 0) is 66.0 Å². The van der Waals surface area contributed by atoms with Gasteiger partial charge in [0.2, 0.25) is 0 Å². The van der Waals surface area contributed by atoms with E-state index in [0.717, 1.165) is 0 Å². The fourth-order valence-electron chi connectivity index (χ4n) is 4.71. The average molecular weight is 337 g/mol. The van der Waals surface area contributed by atoms with Gasteiger partial charge in [-0.15, -0.1) is 0 Å². The van der Waals surface area contributed by atoms with Crippen LogP contribution in [0.2, 0.25) is 0 Å². The number of fused-ring (bicyclic) bond motifs is 1. The molecule has 1 aromatic carbocycles. The molecule has 0 aliphatic heterocycles. The molecule has 0 aromatic heterocycles. The smallest absolute Gasteiger partial charge is 0.00220 e. The standard InChI is InChI=1S/C25H36/c1-9-18(2)12-13-24(7)17-25(24,8)19-10-11-20-21(16-19)23(5,6)15-14-22(20,3)4/h9-13,16H,14-15,17H2,1-8H3/b13-12+,18-9+. The predicted molar refractivity (Wildman–Crippen MR) is 110 cm³/mol. The molecule has 1 saturated carbocycles. The quantitative estimate of drug-likeness (QED) is 0.511. The first-order chi connectivity index (χ1) is 11.5. The molecule has 0 radical (unpaired) electrons. The Labute approximate surface area is 155 Å². The molecule has 0 N–H and O–H groups in total. The summed E-state index contributed by atoms with van der Waals surface area (Å²) < 4.78 is 0.